The number of nitrogens with zero attached hydrogens (tertiary/aromatic N) is 2. The molecule has 0 aliphatic carbocycles. The fourth-order valence-corrected chi connectivity index (χ4v) is 1.08. The summed E-state index contributed by atoms with van der Waals surface area (Å²) in [7, 11) is 2.10. The Kier molecular flexibility index (Phi) is 3.23. The molecule has 0 N–H and O–H groups in total. The van der Waals surface area contributed by atoms with Crippen LogP contribution >= 0.6 is 0 Å². The maximum Gasteiger partial charge on any atom is 0.0547 e. The molecule has 66 valence electrons. The van der Waals surface area contributed by atoms with Crippen LogP contribution in [0.15, 0.2) is 18.2 Å². The van der Waals surface area contributed by atoms with Crippen molar-refractivity contribution in [3.05, 3.63) is 29.6 Å². The molecule has 1 heterocycles. The van der Waals surface area contributed by atoms with E-state index in [0.717, 1.165) is 24.5 Å². The minimum Gasteiger partial charge on any atom is -0.301 e. The van der Waals surface area contributed by atoms with E-state index < -0.39 is 0 Å². The van der Waals surface area contributed by atoms with E-state index in [-0.39, 0.29) is 0 Å². The average Bonchev–Trinajstić information content (AvgIpc) is 2.04. The maximum atomic E-state index is 4.42. The molecule has 0 radical (unpaired) electrons. The fraction of sp³-hybridized carbons (Fsp3) is 0.500. The van der Waals surface area contributed by atoms with Gasteiger partial charge < -0.3 is 4.90 Å². The Balaban J connectivity index is 2.63. The Bertz CT molecular complexity index is 245. The van der Waals surface area contributed by atoms with E-state index in [0.29, 0.717) is 0 Å². The molecular formula is C10H16N2. The van der Waals surface area contributed by atoms with Gasteiger partial charge in [-0.25, -0.2) is 0 Å². The Hall–Kier alpha value is -0.890. The van der Waals surface area contributed by atoms with Gasteiger partial charge in [-0.2, -0.15) is 0 Å². The van der Waals surface area contributed by atoms with Gasteiger partial charge in [-0.15, -0.1) is 0 Å². The Morgan fingerprint density at radius 3 is 2.75 bits per heavy atom. The first-order chi connectivity index (χ1) is 5.72. The van der Waals surface area contributed by atoms with Crippen molar-refractivity contribution < 1.29 is 0 Å². The van der Waals surface area contributed by atoms with Gasteiger partial charge in [0, 0.05) is 12.2 Å². The van der Waals surface area contributed by atoms with Gasteiger partial charge >= 0.3 is 0 Å². The molecule has 0 aromatic carbocycles. The number of rotatable bonds is 3. The third-order valence-corrected chi connectivity index (χ3v) is 1.92. The quantitative estimate of drug-likeness (QED) is 0.677. The normalized spacial score (nSPS) is 10.7. The van der Waals surface area contributed by atoms with Gasteiger partial charge in [0.1, 0.15) is 0 Å². The highest BCUT2D eigenvalue weighted by atomic mass is 15.1. The predicted octanol–water partition coefficient (Wildman–Crippen LogP) is 1.84. The van der Waals surface area contributed by atoms with Crippen molar-refractivity contribution in [1.29, 1.82) is 0 Å². The molecule has 2 heteroatoms. The second-order valence-corrected chi connectivity index (χ2v) is 3.10. The van der Waals surface area contributed by atoms with Crippen LogP contribution in [0.1, 0.15) is 18.3 Å². The molecular weight excluding hydrogens is 148 g/mol. The molecule has 2 nitrogen and oxygen atoms in total. The van der Waals surface area contributed by atoms with Crippen molar-refractivity contribution in [3.63, 3.8) is 0 Å². The first-order valence-corrected chi connectivity index (χ1v) is 4.33. The monoisotopic (exact) mass is 164 g/mol. The van der Waals surface area contributed by atoms with E-state index in [1.165, 1.54) is 0 Å². The lowest BCUT2D eigenvalue weighted by Gasteiger charge is -2.12. The molecule has 0 unspecified atom stereocenters. The molecule has 1 aromatic rings. The Labute approximate surface area is 74.2 Å². The zero-order valence-corrected chi connectivity index (χ0v) is 8.04. The molecule has 0 saturated heterocycles. The van der Waals surface area contributed by atoms with Crippen LogP contribution in [-0.2, 0) is 6.54 Å². The SMILES string of the molecule is CCN(C)Cc1cccc(C)n1. The van der Waals surface area contributed by atoms with Crippen molar-refractivity contribution in [1.82, 2.24) is 9.88 Å². The third kappa shape index (κ3) is 2.62. The van der Waals surface area contributed by atoms with Crippen LogP contribution in [0.4, 0.5) is 0 Å². The summed E-state index contributed by atoms with van der Waals surface area (Å²) in [6.07, 6.45) is 0. The van der Waals surface area contributed by atoms with E-state index in [9.17, 15) is 0 Å². The van der Waals surface area contributed by atoms with Gasteiger partial charge in [0.05, 0.1) is 5.69 Å². The summed E-state index contributed by atoms with van der Waals surface area (Å²) in [6.45, 7) is 6.18. The van der Waals surface area contributed by atoms with E-state index >= 15 is 0 Å². The lowest BCUT2D eigenvalue weighted by Crippen LogP contribution is -2.17. The number of aryl methyl sites for hydroxylation is 1. The number of hydrogen-bond acceptors (Lipinski definition) is 2. The molecule has 0 fully saturated rings. The van der Waals surface area contributed by atoms with Crippen LogP contribution in [0.25, 0.3) is 0 Å². The van der Waals surface area contributed by atoms with Crippen LogP contribution in [-0.4, -0.2) is 23.5 Å². The Morgan fingerprint density at radius 1 is 1.42 bits per heavy atom. The van der Waals surface area contributed by atoms with Crippen LogP contribution in [0.3, 0.4) is 0 Å². The maximum absolute atomic E-state index is 4.42. The van der Waals surface area contributed by atoms with Crippen molar-refractivity contribution >= 4 is 0 Å². The van der Waals surface area contributed by atoms with Crippen molar-refractivity contribution in [2.75, 3.05) is 13.6 Å². The average molecular weight is 164 g/mol. The lowest BCUT2D eigenvalue weighted by molar-refractivity contribution is 0.341. The van der Waals surface area contributed by atoms with Gasteiger partial charge in [0.15, 0.2) is 0 Å². The molecule has 0 saturated carbocycles. The van der Waals surface area contributed by atoms with Crippen LogP contribution in [0.2, 0.25) is 0 Å². The summed E-state index contributed by atoms with van der Waals surface area (Å²) in [6, 6.07) is 6.15. The largest absolute Gasteiger partial charge is 0.301 e. The fourth-order valence-electron chi connectivity index (χ4n) is 1.08. The summed E-state index contributed by atoms with van der Waals surface area (Å²) in [5, 5.41) is 0. The van der Waals surface area contributed by atoms with Gasteiger partial charge in [-0.05, 0) is 32.6 Å². The Morgan fingerprint density at radius 2 is 2.17 bits per heavy atom. The van der Waals surface area contributed by atoms with E-state index in [4.69, 9.17) is 0 Å². The lowest BCUT2D eigenvalue weighted by atomic mass is 10.3. The highest BCUT2D eigenvalue weighted by molar-refractivity contribution is 5.09. The van der Waals surface area contributed by atoms with Crippen molar-refractivity contribution in [3.8, 4) is 0 Å². The molecule has 1 rings (SSSR count). The minimum atomic E-state index is 0.943. The summed E-state index contributed by atoms with van der Waals surface area (Å²) in [4.78, 5) is 6.66. The van der Waals surface area contributed by atoms with Crippen molar-refractivity contribution in [2.24, 2.45) is 0 Å². The zero-order valence-electron chi connectivity index (χ0n) is 8.04. The molecule has 0 amide bonds. The highest BCUT2D eigenvalue weighted by Gasteiger charge is 1.97. The van der Waals surface area contributed by atoms with Gasteiger partial charge in [-0.1, -0.05) is 13.0 Å². The zero-order chi connectivity index (χ0) is 8.97. The molecule has 12 heavy (non-hydrogen) atoms. The first kappa shape index (κ1) is 9.20. The molecule has 0 aliphatic heterocycles. The van der Waals surface area contributed by atoms with Crippen molar-refractivity contribution in [2.45, 2.75) is 20.4 Å². The standard InChI is InChI=1S/C10H16N2/c1-4-12(3)8-10-7-5-6-9(2)11-10/h5-7H,4,8H2,1-3H3. The van der Waals surface area contributed by atoms with Gasteiger partial charge in [0.25, 0.3) is 0 Å². The van der Waals surface area contributed by atoms with Gasteiger partial charge in [0.2, 0.25) is 0 Å². The molecule has 0 bridgehead atoms. The highest BCUT2D eigenvalue weighted by Crippen LogP contribution is 2.00. The van der Waals surface area contributed by atoms with Gasteiger partial charge in [-0.3, -0.25) is 4.98 Å². The van der Waals surface area contributed by atoms with E-state index in [2.05, 4.69) is 36.0 Å². The predicted molar refractivity (Wildman–Crippen MR) is 51.0 cm³/mol. The van der Waals surface area contributed by atoms with Crippen LogP contribution in [0, 0.1) is 6.92 Å². The van der Waals surface area contributed by atoms with Crippen LogP contribution < -0.4 is 0 Å². The molecule has 0 spiro atoms. The summed E-state index contributed by atoms with van der Waals surface area (Å²) < 4.78 is 0. The minimum absolute atomic E-state index is 0.943. The van der Waals surface area contributed by atoms with E-state index in [1.807, 2.05) is 13.0 Å². The number of pyridine rings is 1. The first-order valence-electron chi connectivity index (χ1n) is 4.33. The summed E-state index contributed by atoms with van der Waals surface area (Å²) in [5.41, 5.74) is 2.25. The molecule has 0 aliphatic rings. The number of aromatic nitrogens is 1. The van der Waals surface area contributed by atoms with E-state index in [1.54, 1.807) is 0 Å². The summed E-state index contributed by atoms with van der Waals surface area (Å²) >= 11 is 0. The number of hydrogen-bond donors (Lipinski definition) is 0. The molecule has 1 aromatic heterocycles. The summed E-state index contributed by atoms with van der Waals surface area (Å²) in [5.74, 6) is 0. The third-order valence-electron chi connectivity index (χ3n) is 1.92. The topological polar surface area (TPSA) is 16.1 Å². The smallest absolute Gasteiger partial charge is 0.0547 e. The second kappa shape index (κ2) is 4.21. The molecule has 0 atom stereocenters. The second-order valence-electron chi connectivity index (χ2n) is 3.10. The van der Waals surface area contributed by atoms with Crippen LogP contribution in [0.5, 0.6) is 0 Å².